The molecule has 0 aliphatic carbocycles. The van der Waals surface area contributed by atoms with Gasteiger partial charge in [0.2, 0.25) is 0 Å². The molecule has 0 bridgehead atoms. The van der Waals surface area contributed by atoms with Gasteiger partial charge in [0, 0.05) is 5.70 Å². The molecule has 0 aromatic carbocycles. The van der Waals surface area contributed by atoms with Crippen molar-refractivity contribution in [2.45, 2.75) is 26.1 Å². The minimum Gasteiger partial charge on any atom is -0.399 e. The third-order valence-corrected chi connectivity index (χ3v) is 2.66. The van der Waals surface area contributed by atoms with Crippen LogP contribution in [0.3, 0.4) is 0 Å². The van der Waals surface area contributed by atoms with Crippen molar-refractivity contribution < 1.29 is 0 Å². The Bertz CT molecular complexity index is 173. The predicted molar refractivity (Wildman–Crippen MR) is 56.1 cm³/mol. The zero-order valence-corrected chi connectivity index (χ0v) is 8.81. The monoisotopic (exact) mass is 187 g/mol. The quantitative estimate of drug-likeness (QED) is 0.532. The van der Waals surface area contributed by atoms with Crippen LogP contribution >= 0.6 is 11.6 Å². The van der Waals surface area contributed by atoms with E-state index in [1.807, 2.05) is 6.08 Å². The molecule has 0 aliphatic rings. The number of alkyl halides is 1. The largest absolute Gasteiger partial charge is 0.399 e. The molecule has 2 heteroatoms. The fourth-order valence-corrected chi connectivity index (χ4v) is 1.21. The highest BCUT2D eigenvalue weighted by molar-refractivity contribution is 6.22. The maximum atomic E-state index is 6.10. The van der Waals surface area contributed by atoms with Crippen LogP contribution in [0.25, 0.3) is 0 Å². The standard InChI is InChI=1S/C10H18ClN/c1-5-9(12)6-10(11)8(4)7(2)3/h5-8,10H,1,12H2,2-4H3/b9-6-. The molecule has 0 spiro atoms. The van der Waals surface area contributed by atoms with Gasteiger partial charge < -0.3 is 5.73 Å². The fourth-order valence-electron chi connectivity index (χ4n) is 0.771. The molecule has 70 valence electrons. The first-order valence-electron chi connectivity index (χ1n) is 4.22. The van der Waals surface area contributed by atoms with E-state index in [2.05, 4.69) is 27.4 Å². The number of hydrogen-bond donors (Lipinski definition) is 1. The van der Waals surface area contributed by atoms with E-state index in [0.717, 1.165) is 0 Å². The van der Waals surface area contributed by atoms with Gasteiger partial charge in [0.05, 0.1) is 5.38 Å². The van der Waals surface area contributed by atoms with Crippen LogP contribution in [0, 0.1) is 11.8 Å². The molecule has 0 heterocycles. The molecule has 0 aliphatic heterocycles. The molecule has 0 aromatic heterocycles. The lowest BCUT2D eigenvalue weighted by Gasteiger charge is -2.18. The Kier molecular flexibility index (Phi) is 5.07. The van der Waals surface area contributed by atoms with Crippen LogP contribution in [-0.2, 0) is 0 Å². The normalized spacial score (nSPS) is 17.6. The van der Waals surface area contributed by atoms with E-state index >= 15 is 0 Å². The summed E-state index contributed by atoms with van der Waals surface area (Å²) in [6.45, 7) is 9.99. The molecule has 0 amide bonds. The van der Waals surface area contributed by atoms with Crippen LogP contribution in [0.2, 0.25) is 0 Å². The highest BCUT2D eigenvalue weighted by Crippen LogP contribution is 2.20. The van der Waals surface area contributed by atoms with E-state index in [-0.39, 0.29) is 5.38 Å². The predicted octanol–water partition coefficient (Wildman–Crippen LogP) is 2.91. The van der Waals surface area contributed by atoms with E-state index in [1.54, 1.807) is 6.08 Å². The second kappa shape index (κ2) is 5.26. The number of hydrogen-bond acceptors (Lipinski definition) is 1. The van der Waals surface area contributed by atoms with Crippen molar-refractivity contribution in [1.82, 2.24) is 0 Å². The molecule has 0 aromatic rings. The van der Waals surface area contributed by atoms with Gasteiger partial charge in [-0.3, -0.25) is 0 Å². The van der Waals surface area contributed by atoms with E-state index < -0.39 is 0 Å². The van der Waals surface area contributed by atoms with E-state index in [0.29, 0.717) is 17.5 Å². The maximum absolute atomic E-state index is 6.10. The molecule has 0 saturated heterocycles. The summed E-state index contributed by atoms with van der Waals surface area (Å²) >= 11 is 6.10. The second-order valence-corrected chi connectivity index (χ2v) is 3.92. The smallest absolute Gasteiger partial charge is 0.0566 e. The molecule has 2 N–H and O–H groups in total. The minimum atomic E-state index is 0.00278. The van der Waals surface area contributed by atoms with Gasteiger partial charge in [-0.15, -0.1) is 11.6 Å². The van der Waals surface area contributed by atoms with Crippen LogP contribution < -0.4 is 5.73 Å². The summed E-state index contributed by atoms with van der Waals surface area (Å²) in [5.41, 5.74) is 6.23. The van der Waals surface area contributed by atoms with Crippen molar-refractivity contribution >= 4 is 11.6 Å². The van der Waals surface area contributed by atoms with Gasteiger partial charge in [0.1, 0.15) is 0 Å². The lowest BCUT2D eigenvalue weighted by Crippen LogP contribution is -2.16. The second-order valence-electron chi connectivity index (χ2n) is 3.42. The average Bonchev–Trinajstić information content (AvgIpc) is 2.02. The molecule has 2 unspecified atom stereocenters. The lowest BCUT2D eigenvalue weighted by molar-refractivity contribution is 0.428. The van der Waals surface area contributed by atoms with Crippen LogP contribution in [0.4, 0.5) is 0 Å². The van der Waals surface area contributed by atoms with Gasteiger partial charge in [-0.2, -0.15) is 0 Å². The molecule has 2 atom stereocenters. The number of allylic oxidation sites excluding steroid dienone is 2. The number of nitrogens with two attached hydrogens (primary N) is 1. The Morgan fingerprint density at radius 1 is 1.42 bits per heavy atom. The van der Waals surface area contributed by atoms with Crippen LogP contribution in [0.15, 0.2) is 24.4 Å². The fraction of sp³-hybridized carbons (Fsp3) is 0.600. The molecular weight excluding hydrogens is 170 g/mol. The van der Waals surface area contributed by atoms with Crippen molar-refractivity contribution in [3.05, 3.63) is 24.4 Å². The highest BCUT2D eigenvalue weighted by atomic mass is 35.5. The molecule has 12 heavy (non-hydrogen) atoms. The molecular formula is C10H18ClN. The van der Waals surface area contributed by atoms with Gasteiger partial charge in [0.15, 0.2) is 0 Å². The van der Waals surface area contributed by atoms with Gasteiger partial charge in [-0.25, -0.2) is 0 Å². The van der Waals surface area contributed by atoms with Crippen molar-refractivity contribution in [1.29, 1.82) is 0 Å². The van der Waals surface area contributed by atoms with Crippen molar-refractivity contribution in [2.24, 2.45) is 17.6 Å². The van der Waals surface area contributed by atoms with Crippen LogP contribution in [0.1, 0.15) is 20.8 Å². The lowest BCUT2D eigenvalue weighted by atomic mass is 9.94. The minimum absolute atomic E-state index is 0.00278. The SMILES string of the molecule is C=C/C(N)=C/C(Cl)C(C)C(C)C. The first-order valence-corrected chi connectivity index (χ1v) is 4.66. The van der Waals surface area contributed by atoms with Gasteiger partial charge in [-0.1, -0.05) is 27.4 Å². The Hall–Kier alpha value is -0.430. The first kappa shape index (κ1) is 11.6. The summed E-state index contributed by atoms with van der Waals surface area (Å²) in [5, 5.41) is 0.00278. The van der Waals surface area contributed by atoms with E-state index in [4.69, 9.17) is 17.3 Å². The third-order valence-electron chi connectivity index (χ3n) is 2.14. The third kappa shape index (κ3) is 3.82. The summed E-state index contributed by atoms with van der Waals surface area (Å²) in [5.74, 6) is 1.01. The Morgan fingerprint density at radius 2 is 1.92 bits per heavy atom. The summed E-state index contributed by atoms with van der Waals surface area (Å²) in [7, 11) is 0. The molecule has 0 saturated carbocycles. The molecule has 1 nitrogen and oxygen atoms in total. The summed E-state index contributed by atoms with van der Waals surface area (Å²) in [4.78, 5) is 0. The van der Waals surface area contributed by atoms with Crippen LogP contribution in [-0.4, -0.2) is 5.38 Å². The summed E-state index contributed by atoms with van der Waals surface area (Å²) in [6, 6.07) is 0. The van der Waals surface area contributed by atoms with Crippen LogP contribution in [0.5, 0.6) is 0 Å². The van der Waals surface area contributed by atoms with Gasteiger partial charge in [-0.05, 0) is 24.0 Å². The Labute approximate surface area is 80.3 Å². The number of halogens is 1. The Balaban J connectivity index is 4.20. The zero-order chi connectivity index (χ0) is 9.72. The first-order chi connectivity index (χ1) is 5.49. The molecule has 0 fully saturated rings. The maximum Gasteiger partial charge on any atom is 0.0566 e. The summed E-state index contributed by atoms with van der Waals surface area (Å²) in [6.07, 6.45) is 3.46. The van der Waals surface area contributed by atoms with Crippen molar-refractivity contribution in [2.75, 3.05) is 0 Å². The van der Waals surface area contributed by atoms with Gasteiger partial charge >= 0.3 is 0 Å². The van der Waals surface area contributed by atoms with E-state index in [9.17, 15) is 0 Å². The van der Waals surface area contributed by atoms with Crippen molar-refractivity contribution in [3.63, 3.8) is 0 Å². The number of rotatable bonds is 4. The van der Waals surface area contributed by atoms with Gasteiger partial charge in [0.25, 0.3) is 0 Å². The average molecular weight is 188 g/mol. The van der Waals surface area contributed by atoms with Crippen molar-refractivity contribution in [3.8, 4) is 0 Å². The topological polar surface area (TPSA) is 26.0 Å². The summed E-state index contributed by atoms with van der Waals surface area (Å²) < 4.78 is 0. The highest BCUT2D eigenvalue weighted by Gasteiger charge is 2.15. The molecule has 0 radical (unpaired) electrons. The Morgan fingerprint density at radius 3 is 2.25 bits per heavy atom. The molecule has 0 rings (SSSR count). The van der Waals surface area contributed by atoms with E-state index in [1.165, 1.54) is 0 Å². The zero-order valence-electron chi connectivity index (χ0n) is 8.05.